The molecule has 12 nitrogen and oxygen atoms in total. The number of phenols is 1. The number of H-pyrrole nitrogens is 1. The number of carbonyl (C=O) groups is 2. The number of nitrogens with one attached hydrogen (secondary N) is 4. The van der Waals surface area contributed by atoms with Crippen molar-refractivity contribution < 1.29 is 24.5 Å². The number of fused-ring (bicyclic) bond motifs is 2. The van der Waals surface area contributed by atoms with E-state index in [1.54, 1.807) is 25.3 Å². The summed E-state index contributed by atoms with van der Waals surface area (Å²) in [6, 6.07) is 40.6. The second-order valence-electron chi connectivity index (χ2n) is 14.7. The van der Waals surface area contributed by atoms with Crippen molar-refractivity contribution in [2.75, 3.05) is 24.3 Å². The zero-order valence-electron chi connectivity index (χ0n) is 33.7. The number of methoxy groups -OCH3 is 1. The highest BCUT2D eigenvalue weighted by Gasteiger charge is 2.18. The number of aryl methyl sites for hydroxylation is 1. The van der Waals surface area contributed by atoms with Crippen molar-refractivity contribution >= 4 is 62.4 Å². The van der Waals surface area contributed by atoms with Crippen LogP contribution in [-0.2, 0) is 6.54 Å². The molecule has 0 radical (unpaired) electrons. The molecular formula is C49H42N6O6S. The topological polar surface area (TPSA) is 192 Å². The average Bonchev–Trinajstić information content (AvgIpc) is 3.27. The highest BCUT2D eigenvalue weighted by molar-refractivity contribution is 7.99. The molecule has 6 aromatic carbocycles. The minimum atomic E-state index is -0.854. The molecule has 310 valence electrons. The number of amides is 2. The van der Waals surface area contributed by atoms with Crippen molar-refractivity contribution in [3.05, 3.63) is 178 Å². The van der Waals surface area contributed by atoms with Gasteiger partial charge in [-0.1, -0.05) is 66.4 Å². The molecule has 62 heavy (non-hydrogen) atoms. The molecule has 2 heterocycles. The molecule has 0 bridgehead atoms. The van der Waals surface area contributed by atoms with Crippen LogP contribution in [0.25, 0.3) is 32.9 Å². The Kier molecular flexibility index (Phi) is 12.0. The first-order valence-corrected chi connectivity index (χ1v) is 20.5. The number of carbonyl (C=O) groups excluding carboxylic acids is 2. The number of nitrogens with zero attached hydrogens (tertiary/aromatic N) is 1. The fraction of sp³-hybridized carbons (Fsp3) is 0.102. The van der Waals surface area contributed by atoms with E-state index in [0.717, 1.165) is 48.6 Å². The largest absolute Gasteiger partial charge is 0.506 e. The lowest BCUT2D eigenvalue weighted by Gasteiger charge is -2.16. The molecule has 8 rings (SSSR count). The Bertz CT molecular complexity index is 3030. The highest BCUT2D eigenvalue weighted by atomic mass is 32.2. The van der Waals surface area contributed by atoms with Gasteiger partial charge in [0, 0.05) is 68.9 Å². The first-order chi connectivity index (χ1) is 30.0. The molecule has 2 amide bonds. The zero-order chi connectivity index (χ0) is 43.3. The van der Waals surface area contributed by atoms with E-state index in [-0.39, 0.29) is 29.3 Å². The van der Waals surface area contributed by atoms with Gasteiger partial charge >= 0.3 is 0 Å². The van der Waals surface area contributed by atoms with Crippen LogP contribution in [0.3, 0.4) is 0 Å². The van der Waals surface area contributed by atoms with Crippen LogP contribution in [0.2, 0.25) is 0 Å². The second kappa shape index (κ2) is 18.0. The molecular weight excluding hydrogens is 801 g/mol. The number of primary amides is 1. The summed E-state index contributed by atoms with van der Waals surface area (Å²) >= 11 is 1.49. The fourth-order valence-corrected chi connectivity index (χ4v) is 8.30. The molecule has 0 spiro atoms. The SMILES string of the molecule is COc1cccc(Nc2c(C(N)=O)cnc3c(C)cc(Sc4cccc(C(=O)Nc5ccc(-c6ccc(CNC[C@H](O)c7ccc(O)c8[nH]c(=O)ccc78)cc6)cc5)c4)cc23)c1. The number of benzene rings is 6. The van der Waals surface area contributed by atoms with Crippen LogP contribution in [0, 0.1) is 6.92 Å². The number of aromatic hydroxyl groups is 1. The summed E-state index contributed by atoms with van der Waals surface area (Å²) in [4.78, 5) is 46.7. The van der Waals surface area contributed by atoms with E-state index in [1.807, 2.05) is 110 Å². The van der Waals surface area contributed by atoms with Crippen molar-refractivity contribution in [3.63, 3.8) is 0 Å². The minimum Gasteiger partial charge on any atom is -0.506 e. The molecule has 1 atom stereocenters. The maximum atomic E-state index is 13.5. The smallest absolute Gasteiger partial charge is 0.255 e. The Morgan fingerprint density at radius 3 is 2.35 bits per heavy atom. The van der Waals surface area contributed by atoms with Gasteiger partial charge in [0.2, 0.25) is 5.56 Å². The fourth-order valence-electron chi connectivity index (χ4n) is 7.29. The number of ether oxygens (including phenoxy) is 1. The minimum absolute atomic E-state index is 0.0515. The van der Waals surface area contributed by atoms with E-state index in [2.05, 4.69) is 25.9 Å². The Labute approximate surface area is 360 Å². The van der Waals surface area contributed by atoms with Gasteiger partial charge < -0.3 is 41.6 Å². The third-order valence-corrected chi connectivity index (χ3v) is 11.4. The average molecular weight is 843 g/mol. The number of hydrogen-bond acceptors (Lipinski definition) is 10. The molecule has 0 aliphatic rings. The number of nitrogens with two attached hydrogens (primary N) is 1. The van der Waals surface area contributed by atoms with Crippen LogP contribution >= 0.6 is 11.8 Å². The number of pyridine rings is 2. The Balaban J connectivity index is 0.900. The van der Waals surface area contributed by atoms with Gasteiger partial charge in [0.25, 0.3) is 11.8 Å². The zero-order valence-corrected chi connectivity index (χ0v) is 34.5. The summed E-state index contributed by atoms with van der Waals surface area (Å²) < 4.78 is 5.39. The first-order valence-electron chi connectivity index (χ1n) is 19.7. The summed E-state index contributed by atoms with van der Waals surface area (Å²) in [5.41, 5.74) is 13.7. The summed E-state index contributed by atoms with van der Waals surface area (Å²) in [5.74, 6) is -0.239. The summed E-state index contributed by atoms with van der Waals surface area (Å²) in [6.07, 6.45) is 0.638. The molecule has 8 aromatic rings. The van der Waals surface area contributed by atoms with E-state index in [0.29, 0.717) is 45.7 Å². The summed E-state index contributed by atoms with van der Waals surface area (Å²) in [6.45, 7) is 2.76. The molecule has 0 aliphatic heterocycles. The van der Waals surface area contributed by atoms with Gasteiger partial charge in [-0.25, -0.2) is 0 Å². The molecule has 0 unspecified atom stereocenters. The number of aromatic nitrogens is 2. The Morgan fingerprint density at radius 1 is 0.839 bits per heavy atom. The number of aliphatic hydroxyl groups is 1. The van der Waals surface area contributed by atoms with Crippen LogP contribution in [0.1, 0.15) is 43.5 Å². The monoisotopic (exact) mass is 842 g/mol. The van der Waals surface area contributed by atoms with Gasteiger partial charge in [-0.3, -0.25) is 19.4 Å². The standard InChI is InChI=1S/C49H42N6O6S/c1-28-21-37(24-40-45(28)52-26-41(48(50)59)46(40)53-34-6-4-7-35(23-34)61-2)62-36-8-3-5-32(22-36)49(60)54-33-15-13-31(14-16-33)30-11-9-29(10-12-30)25-51-27-43(57)38-17-19-42(56)47-39(38)18-20-44(58)55-47/h3-24,26,43,51,56-57H,25,27H2,1-2H3,(H2,50,59)(H,52,53)(H,54,60)(H,55,58)/t43-/m0/s1. The van der Waals surface area contributed by atoms with Crippen molar-refractivity contribution in [3.8, 4) is 22.6 Å². The van der Waals surface area contributed by atoms with E-state index < -0.39 is 12.0 Å². The van der Waals surface area contributed by atoms with Crippen LogP contribution in [-0.4, -0.2) is 45.6 Å². The predicted octanol–water partition coefficient (Wildman–Crippen LogP) is 8.84. The Hall–Kier alpha value is -7.45. The van der Waals surface area contributed by atoms with E-state index in [4.69, 9.17) is 10.5 Å². The van der Waals surface area contributed by atoms with Crippen LogP contribution in [0.15, 0.2) is 154 Å². The second-order valence-corrected chi connectivity index (χ2v) is 15.8. The maximum absolute atomic E-state index is 13.5. The van der Waals surface area contributed by atoms with Gasteiger partial charge in [-0.15, -0.1) is 0 Å². The van der Waals surface area contributed by atoms with Gasteiger partial charge in [0.05, 0.1) is 35.5 Å². The van der Waals surface area contributed by atoms with Gasteiger partial charge in [-0.05, 0) is 101 Å². The molecule has 0 aliphatic carbocycles. The number of aromatic amines is 1. The van der Waals surface area contributed by atoms with Gasteiger partial charge in [0.1, 0.15) is 11.5 Å². The van der Waals surface area contributed by atoms with Gasteiger partial charge in [-0.2, -0.15) is 0 Å². The number of rotatable bonds is 14. The molecule has 0 fully saturated rings. The highest BCUT2D eigenvalue weighted by Crippen LogP contribution is 2.37. The Morgan fingerprint density at radius 2 is 1.60 bits per heavy atom. The number of aliphatic hydroxyl groups excluding tert-OH is 1. The molecule has 0 saturated heterocycles. The van der Waals surface area contributed by atoms with Gasteiger partial charge in [0.15, 0.2) is 0 Å². The molecule has 13 heteroatoms. The maximum Gasteiger partial charge on any atom is 0.255 e. The van der Waals surface area contributed by atoms with Crippen molar-refractivity contribution in [1.29, 1.82) is 0 Å². The van der Waals surface area contributed by atoms with E-state index in [9.17, 15) is 24.6 Å². The molecule has 8 N–H and O–H groups in total. The van der Waals surface area contributed by atoms with Crippen molar-refractivity contribution in [1.82, 2.24) is 15.3 Å². The van der Waals surface area contributed by atoms with Crippen LogP contribution in [0.4, 0.5) is 17.1 Å². The number of anilines is 3. The first kappa shape index (κ1) is 41.3. The van der Waals surface area contributed by atoms with E-state index >= 15 is 0 Å². The quantitative estimate of drug-likeness (QED) is 0.0557. The molecule has 0 saturated carbocycles. The van der Waals surface area contributed by atoms with Crippen LogP contribution < -0.4 is 32.0 Å². The van der Waals surface area contributed by atoms with Crippen molar-refractivity contribution in [2.24, 2.45) is 5.73 Å². The lowest BCUT2D eigenvalue weighted by Crippen LogP contribution is -2.21. The molecule has 2 aromatic heterocycles. The predicted molar refractivity (Wildman–Crippen MR) is 245 cm³/mol. The third kappa shape index (κ3) is 9.15. The van der Waals surface area contributed by atoms with Crippen LogP contribution in [0.5, 0.6) is 11.5 Å². The number of phenolic OH excluding ortho intramolecular Hbond substituents is 1. The summed E-state index contributed by atoms with van der Waals surface area (Å²) in [5, 5.41) is 32.0. The lowest BCUT2D eigenvalue weighted by atomic mass is 10.0. The summed E-state index contributed by atoms with van der Waals surface area (Å²) in [7, 11) is 1.59. The normalized spacial score (nSPS) is 11.7. The van der Waals surface area contributed by atoms with Crippen molar-refractivity contribution in [2.45, 2.75) is 29.4 Å². The van der Waals surface area contributed by atoms with E-state index in [1.165, 1.54) is 30.1 Å². The third-order valence-electron chi connectivity index (χ3n) is 10.4. The lowest BCUT2D eigenvalue weighted by molar-refractivity contribution is 0.0998. The number of hydrogen-bond donors (Lipinski definition) is 7.